The summed E-state index contributed by atoms with van der Waals surface area (Å²) < 4.78 is 12.1. The molecule has 10 heteroatoms. The Morgan fingerprint density at radius 1 is 1.11 bits per heavy atom. The normalized spacial score (nSPS) is 15.5. The summed E-state index contributed by atoms with van der Waals surface area (Å²) in [5.41, 5.74) is 1.96. The summed E-state index contributed by atoms with van der Waals surface area (Å²) in [5, 5.41) is 4.48. The summed E-state index contributed by atoms with van der Waals surface area (Å²) in [6, 6.07) is 13.7. The van der Waals surface area contributed by atoms with Crippen molar-refractivity contribution in [1.82, 2.24) is 14.7 Å². The first-order valence-corrected chi connectivity index (χ1v) is 12.8. The zero-order valence-electron chi connectivity index (χ0n) is 22.1. The smallest absolute Gasteiger partial charge is 0.410 e. The number of carbonyl (C=O) groups is 3. The lowest BCUT2D eigenvalue weighted by atomic mass is 10.1. The van der Waals surface area contributed by atoms with Crippen LogP contribution in [-0.2, 0) is 16.0 Å². The minimum atomic E-state index is -0.640. The number of halogens is 1. The summed E-state index contributed by atoms with van der Waals surface area (Å²) in [5.74, 6) is -0.807. The number of fused-ring (bicyclic) bond motifs is 1. The van der Waals surface area contributed by atoms with Gasteiger partial charge in [0.25, 0.3) is 5.91 Å². The van der Waals surface area contributed by atoms with Crippen LogP contribution < -0.4 is 4.90 Å². The van der Waals surface area contributed by atoms with Crippen LogP contribution in [-0.4, -0.2) is 57.4 Å². The third kappa shape index (κ3) is 5.83. The quantitative estimate of drug-likeness (QED) is 0.408. The maximum atomic E-state index is 13.8. The molecule has 0 fully saturated rings. The van der Waals surface area contributed by atoms with E-state index in [0.29, 0.717) is 23.5 Å². The van der Waals surface area contributed by atoms with Crippen LogP contribution in [0.15, 0.2) is 54.7 Å². The Balaban J connectivity index is 1.62. The van der Waals surface area contributed by atoms with E-state index in [-0.39, 0.29) is 35.8 Å². The topological polar surface area (TPSA) is 94.0 Å². The molecule has 3 aromatic rings. The van der Waals surface area contributed by atoms with Gasteiger partial charge in [0.05, 0.1) is 35.5 Å². The first-order valence-electron chi connectivity index (χ1n) is 12.4. The molecular weight excluding hydrogens is 508 g/mol. The largest absolute Gasteiger partial charge is 0.461 e. The predicted octanol–water partition coefficient (Wildman–Crippen LogP) is 5.49. The highest BCUT2D eigenvalue weighted by Gasteiger charge is 2.34. The zero-order chi connectivity index (χ0) is 27.6. The second-order valence-corrected chi connectivity index (χ2v) is 10.4. The van der Waals surface area contributed by atoms with E-state index >= 15 is 0 Å². The number of carbonyl (C=O) groups excluding carboxylic acids is 3. The Morgan fingerprint density at radius 2 is 1.84 bits per heavy atom. The number of benzene rings is 2. The van der Waals surface area contributed by atoms with E-state index < -0.39 is 17.7 Å². The Bertz CT molecular complexity index is 1360. The molecule has 200 valence electrons. The summed E-state index contributed by atoms with van der Waals surface area (Å²) >= 11 is 6.60. The number of rotatable bonds is 4. The summed E-state index contributed by atoms with van der Waals surface area (Å²) in [4.78, 5) is 42.1. The van der Waals surface area contributed by atoms with Gasteiger partial charge in [-0.25, -0.2) is 14.3 Å². The molecular formula is C28H31ClN4O5. The summed E-state index contributed by atoms with van der Waals surface area (Å²) in [7, 11) is 0. The SMILES string of the molecule is CCOC(=O)c1ccn(-c2ccc(C(=O)N3C[C@@H](C)N(C(=O)OC(C)(C)C)Cc4ccccc43)c(Cl)c2)n1. The molecule has 38 heavy (non-hydrogen) atoms. The Labute approximate surface area is 226 Å². The van der Waals surface area contributed by atoms with Crippen LogP contribution in [0, 0.1) is 0 Å². The molecule has 0 unspecified atom stereocenters. The number of amides is 2. The van der Waals surface area contributed by atoms with E-state index in [1.54, 1.807) is 47.2 Å². The standard InChI is InChI=1S/C28H31ClN4O5/c1-6-37-26(35)23-13-14-33(30-23)20-11-12-21(22(29)15-20)25(34)32-16-18(2)31(27(36)38-28(3,4)5)17-19-9-7-8-10-24(19)32/h7-15,18H,6,16-17H2,1-5H3/t18-/m1/s1. The van der Waals surface area contributed by atoms with E-state index in [4.69, 9.17) is 21.1 Å². The van der Waals surface area contributed by atoms with Crippen molar-refractivity contribution in [2.75, 3.05) is 18.1 Å². The van der Waals surface area contributed by atoms with E-state index in [2.05, 4.69) is 5.10 Å². The molecule has 0 aliphatic carbocycles. The van der Waals surface area contributed by atoms with Gasteiger partial charge in [0, 0.05) is 18.4 Å². The highest BCUT2D eigenvalue weighted by molar-refractivity contribution is 6.34. The molecule has 9 nitrogen and oxygen atoms in total. The van der Waals surface area contributed by atoms with Crippen LogP contribution in [0.25, 0.3) is 5.69 Å². The number of hydrogen-bond donors (Lipinski definition) is 0. The Morgan fingerprint density at radius 3 is 2.53 bits per heavy atom. The third-order valence-corrected chi connectivity index (χ3v) is 6.31. The number of esters is 1. The van der Waals surface area contributed by atoms with Gasteiger partial charge in [0.1, 0.15) is 5.60 Å². The first kappa shape index (κ1) is 27.2. The monoisotopic (exact) mass is 538 g/mol. The molecule has 0 saturated heterocycles. The first-order chi connectivity index (χ1) is 18.0. The lowest BCUT2D eigenvalue weighted by Crippen LogP contribution is -2.46. The van der Waals surface area contributed by atoms with Crippen LogP contribution >= 0.6 is 11.6 Å². The number of ether oxygens (including phenoxy) is 2. The van der Waals surface area contributed by atoms with Crippen LogP contribution in [0.2, 0.25) is 5.02 Å². The molecule has 4 rings (SSSR count). The molecule has 2 aromatic carbocycles. The minimum Gasteiger partial charge on any atom is -0.461 e. The minimum absolute atomic E-state index is 0.174. The van der Waals surface area contributed by atoms with Crippen molar-refractivity contribution in [3.63, 3.8) is 0 Å². The molecule has 1 aliphatic heterocycles. The van der Waals surface area contributed by atoms with E-state index in [9.17, 15) is 14.4 Å². The Kier molecular flexibility index (Phi) is 7.78. The van der Waals surface area contributed by atoms with Gasteiger partial charge >= 0.3 is 12.1 Å². The molecule has 0 radical (unpaired) electrons. The van der Waals surface area contributed by atoms with Gasteiger partial charge < -0.3 is 14.4 Å². The van der Waals surface area contributed by atoms with Gasteiger partial charge in [-0.2, -0.15) is 5.10 Å². The van der Waals surface area contributed by atoms with Crippen molar-refractivity contribution >= 4 is 35.3 Å². The third-order valence-electron chi connectivity index (χ3n) is 6.00. The van der Waals surface area contributed by atoms with Crippen molar-refractivity contribution < 1.29 is 23.9 Å². The van der Waals surface area contributed by atoms with Crippen LogP contribution in [0.1, 0.15) is 61.0 Å². The average molecular weight is 539 g/mol. The van der Waals surface area contributed by atoms with Gasteiger partial charge in [-0.15, -0.1) is 0 Å². The Hall–Kier alpha value is -3.85. The van der Waals surface area contributed by atoms with Crippen molar-refractivity contribution in [1.29, 1.82) is 0 Å². The second-order valence-electron chi connectivity index (χ2n) is 10.0. The molecule has 2 amide bonds. The fraction of sp³-hybridized carbons (Fsp3) is 0.357. The molecule has 0 N–H and O–H groups in total. The van der Waals surface area contributed by atoms with Gasteiger partial charge in [0.15, 0.2) is 5.69 Å². The maximum absolute atomic E-state index is 13.8. The predicted molar refractivity (Wildman–Crippen MR) is 144 cm³/mol. The molecule has 1 aromatic heterocycles. The lowest BCUT2D eigenvalue weighted by Gasteiger charge is -2.31. The second kappa shape index (κ2) is 10.9. The van der Waals surface area contributed by atoms with Crippen molar-refractivity contribution in [2.45, 2.75) is 52.8 Å². The molecule has 2 heterocycles. The van der Waals surface area contributed by atoms with E-state index in [1.807, 2.05) is 52.0 Å². The molecule has 0 bridgehead atoms. The van der Waals surface area contributed by atoms with E-state index in [0.717, 1.165) is 5.56 Å². The van der Waals surface area contributed by atoms with Gasteiger partial charge in [-0.05, 0) is 70.5 Å². The van der Waals surface area contributed by atoms with Gasteiger partial charge in [-0.3, -0.25) is 9.69 Å². The number of anilines is 1. The van der Waals surface area contributed by atoms with Crippen LogP contribution in [0.5, 0.6) is 0 Å². The molecule has 0 spiro atoms. The number of hydrogen-bond acceptors (Lipinski definition) is 6. The fourth-order valence-electron chi connectivity index (χ4n) is 4.21. The van der Waals surface area contributed by atoms with Crippen LogP contribution in [0.4, 0.5) is 10.5 Å². The number of aromatic nitrogens is 2. The van der Waals surface area contributed by atoms with Gasteiger partial charge in [0.2, 0.25) is 0 Å². The van der Waals surface area contributed by atoms with Crippen molar-refractivity contribution in [2.24, 2.45) is 0 Å². The molecule has 1 atom stereocenters. The fourth-order valence-corrected chi connectivity index (χ4v) is 4.47. The van der Waals surface area contributed by atoms with Crippen LogP contribution in [0.3, 0.4) is 0 Å². The van der Waals surface area contributed by atoms with E-state index in [1.165, 1.54) is 4.68 Å². The zero-order valence-corrected chi connectivity index (χ0v) is 22.9. The lowest BCUT2D eigenvalue weighted by molar-refractivity contribution is 0.0167. The summed E-state index contributed by atoms with van der Waals surface area (Å²) in [6.07, 6.45) is 1.19. The number of para-hydroxylation sites is 1. The van der Waals surface area contributed by atoms with Gasteiger partial charge in [-0.1, -0.05) is 29.8 Å². The number of nitrogens with zero attached hydrogens (tertiary/aromatic N) is 4. The molecule has 0 saturated carbocycles. The highest BCUT2D eigenvalue weighted by Crippen LogP contribution is 2.31. The molecule has 1 aliphatic rings. The average Bonchev–Trinajstić information content (AvgIpc) is 3.29. The van der Waals surface area contributed by atoms with Crippen molar-refractivity contribution in [3.8, 4) is 5.69 Å². The summed E-state index contributed by atoms with van der Waals surface area (Å²) in [6.45, 7) is 9.90. The highest BCUT2D eigenvalue weighted by atomic mass is 35.5. The maximum Gasteiger partial charge on any atom is 0.410 e. The van der Waals surface area contributed by atoms with Crippen molar-refractivity contribution in [3.05, 3.63) is 76.6 Å².